The van der Waals surface area contributed by atoms with E-state index in [0.717, 1.165) is 0 Å². The van der Waals surface area contributed by atoms with E-state index in [0.29, 0.717) is 6.21 Å². The Kier molecular flexibility index (Phi) is 6.69. The number of carbonyl (C=O) groups excluding carboxylic acids is 3. The van der Waals surface area contributed by atoms with Gasteiger partial charge in [0.25, 0.3) is 5.91 Å². The van der Waals surface area contributed by atoms with Crippen LogP contribution in [-0.4, -0.2) is 30.0 Å². The number of hydrogen-bond acceptors (Lipinski definition) is 6. The number of hydrogen-bond donors (Lipinski definition) is 5. The van der Waals surface area contributed by atoms with Crippen molar-refractivity contribution in [3.8, 4) is 5.75 Å². The number of imide groups is 1. The topological polar surface area (TPSA) is 158 Å². The van der Waals surface area contributed by atoms with Crippen molar-refractivity contribution in [3.63, 3.8) is 0 Å². The average Bonchev–Trinajstić information content (AvgIpc) is 2.64. The molecule has 0 spiro atoms. The normalized spacial score (nSPS) is 9.93. The second-order valence-electron chi connectivity index (χ2n) is 5.20. The maximum atomic E-state index is 11.6. The van der Waals surface area contributed by atoms with E-state index in [1.165, 1.54) is 24.3 Å². The van der Waals surface area contributed by atoms with E-state index < -0.39 is 23.7 Å². The van der Waals surface area contributed by atoms with Crippen molar-refractivity contribution in [3.05, 3.63) is 57.6 Å². The zero-order chi connectivity index (χ0) is 20.8. The van der Waals surface area contributed by atoms with Gasteiger partial charge in [-0.15, -0.1) is 0 Å². The molecule has 2 aromatic rings. The number of rotatable bonds is 5. The van der Waals surface area contributed by atoms with Gasteiger partial charge >= 0.3 is 6.03 Å². The Labute approximate surface area is 168 Å². The van der Waals surface area contributed by atoms with Crippen LogP contribution in [0.15, 0.2) is 36.4 Å². The third-order valence-electron chi connectivity index (χ3n) is 3.27. The van der Waals surface area contributed by atoms with Gasteiger partial charge in [-0.3, -0.25) is 20.3 Å². The summed E-state index contributed by atoms with van der Waals surface area (Å²) in [6.07, 6.45) is 0.437. The van der Waals surface area contributed by atoms with E-state index in [4.69, 9.17) is 44.5 Å². The molecule has 0 bridgehead atoms. The van der Waals surface area contributed by atoms with Gasteiger partial charge < -0.3 is 21.2 Å². The smallest absolute Gasteiger partial charge is 0.326 e. The fraction of sp³-hybridized carbons (Fsp3) is 0. The highest BCUT2D eigenvalue weighted by Crippen LogP contribution is 2.36. The Bertz CT molecular complexity index is 970. The molecule has 0 aliphatic rings. The quantitative estimate of drug-likeness (QED) is 0.371. The lowest BCUT2D eigenvalue weighted by Gasteiger charge is -2.14. The summed E-state index contributed by atoms with van der Waals surface area (Å²) in [7, 11) is 0. The zero-order valence-corrected chi connectivity index (χ0v) is 15.5. The first kappa shape index (κ1) is 20.9. The molecule has 6 N–H and O–H groups in total. The number of benzene rings is 2. The van der Waals surface area contributed by atoms with E-state index in [2.05, 4.69) is 5.32 Å². The van der Waals surface area contributed by atoms with E-state index in [9.17, 15) is 14.4 Å². The van der Waals surface area contributed by atoms with Crippen LogP contribution < -0.4 is 21.1 Å². The molecule has 0 saturated heterocycles. The summed E-state index contributed by atoms with van der Waals surface area (Å²) in [5.74, 6) is -2.12. The van der Waals surface area contributed by atoms with Crippen molar-refractivity contribution in [2.45, 2.75) is 0 Å². The lowest BCUT2D eigenvalue weighted by atomic mass is 10.1. The second-order valence-corrected chi connectivity index (χ2v) is 6.01. The number of primary amides is 1. The van der Waals surface area contributed by atoms with E-state index in [-0.39, 0.29) is 32.6 Å². The van der Waals surface area contributed by atoms with Crippen molar-refractivity contribution >= 4 is 58.8 Å². The van der Waals surface area contributed by atoms with Gasteiger partial charge in [0.05, 0.1) is 21.8 Å². The van der Waals surface area contributed by atoms with Crippen LogP contribution in [0.3, 0.4) is 0 Å². The van der Waals surface area contributed by atoms with Crippen molar-refractivity contribution in [2.75, 3.05) is 5.32 Å². The molecule has 2 rings (SSSR count). The van der Waals surface area contributed by atoms with E-state index in [1.54, 1.807) is 12.1 Å². The molecule has 4 amide bonds. The molecule has 0 aliphatic carbocycles. The highest BCUT2D eigenvalue weighted by atomic mass is 35.5. The summed E-state index contributed by atoms with van der Waals surface area (Å²) in [5.41, 5.74) is 5.66. The first-order chi connectivity index (χ1) is 13.2. The minimum Gasteiger partial charge on any atom is -0.436 e. The highest BCUT2D eigenvalue weighted by molar-refractivity contribution is 6.38. The largest absolute Gasteiger partial charge is 0.436 e. The lowest BCUT2D eigenvalue weighted by molar-refractivity contribution is -0.113. The molecule has 0 radical (unpaired) electrons. The Morgan fingerprint density at radius 1 is 1.07 bits per heavy atom. The van der Waals surface area contributed by atoms with Crippen LogP contribution in [0.2, 0.25) is 10.0 Å². The molecule has 0 aliphatic heterocycles. The van der Waals surface area contributed by atoms with Crippen LogP contribution >= 0.6 is 23.2 Å². The summed E-state index contributed by atoms with van der Waals surface area (Å²) in [4.78, 5) is 34.1. The number of nitrogens with one attached hydrogen (secondary N) is 4. The maximum Gasteiger partial charge on any atom is 0.326 e. The van der Waals surface area contributed by atoms with Gasteiger partial charge in [-0.05, 0) is 24.3 Å². The van der Waals surface area contributed by atoms with Gasteiger partial charge in [0.1, 0.15) is 0 Å². The summed E-state index contributed by atoms with van der Waals surface area (Å²) in [6.45, 7) is 0. The van der Waals surface area contributed by atoms with Crippen LogP contribution in [0.1, 0.15) is 15.9 Å². The van der Waals surface area contributed by atoms with E-state index >= 15 is 0 Å². The van der Waals surface area contributed by atoms with Crippen molar-refractivity contribution in [2.24, 2.45) is 5.73 Å². The lowest BCUT2D eigenvalue weighted by Crippen LogP contribution is -2.34. The molecule has 144 valence electrons. The van der Waals surface area contributed by atoms with E-state index in [1.807, 2.05) is 5.32 Å². The number of urea groups is 1. The van der Waals surface area contributed by atoms with Gasteiger partial charge in [0.2, 0.25) is 11.8 Å². The van der Waals surface area contributed by atoms with Crippen molar-refractivity contribution in [1.82, 2.24) is 5.32 Å². The molecule has 0 saturated carbocycles. The zero-order valence-electron chi connectivity index (χ0n) is 14.0. The van der Waals surface area contributed by atoms with Crippen LogP contribution in [0, 0.1) is 10.8 Å². The number of ether oxygens (including phenoxy) is 1. The van der Waals surface area contributed by atoms with Crippen molar-refractivity contribution in [1.29, 1.82) is 10.8 Å². The molecule has 0 aromatic heterocycles. The minimum absolute atomic E-state index is 0.0394. The maximum absolute atomic E-state index is 11.6. The number of halogens is 2. The third kappa shape index (κ3) is 5.06. The molecule has 28 heavy (non-hydrogen) atoms. The van der Waals surface area contributed by atoms with Gasteiger partial charge in [-0.2, -0.15) is 0 Å². The van der Waals surface area contributed by atoms with Gasteiger partial charge in [0.15, 0.2) is 5.75 Å². The molecule has 0 atom stereocenters. The molecular formula is C17H13Cl2N5O4. The van der Waals surface area contributed by atoms with Crippen LogP contribution in [0.25, 0.3) is 0 Å². The first-order valence-corrected chi connectivity index (χ1v) is 8.25. The van der Waals surface area contributed by atoms with Gasteiger partial charge in [-0.1, -0.05) is 35.3 Å². The Morgan fingerprint density at radius 2 is 1.64 bits per heavy atom. The Balaban J connectivity index is 2.23. The van der Waals surface area contributed by atoms with Crippen LogP contribution in [0.5, 0.6) is 5.75 Å². The molecule has 9 nitrogen and oxygen atoms in total. The van der Waals surface area contributed by atoms with Crippen LogP contribution in [0.4, 0.5) is 10.5 Å². The molecule has 11 heteroatoms. The summed E-state index contributed by atoms with van der Waals surface area (Å²) in [6, 6.07) is 7.78. The fourth-order valence-corrected chi connectivity index (χ4v) is 2.66. The highest BCUT2D eigenvalue weighted by Gasteiger charge is 2.18. The second kappa shape index (κ2) is 8.98. The first-order valence-electron chi connectivity index (χ1n) is 7.50. The third-order valence-corrected chi connectivity index (χ3v) is 3.83. The van der Waals surface area contributed by atoms with Gasteiger partial charge in [0, 0.05) is 11.3 Å². The minimum atomic E-state index is -0.906. The predicted molar refractivity (Wildman–Crippen MR) is 105 cm³/mol. The molecule has 0 unspecified atom stereocenters. The molecular weight excluding hydrogens is 409 g/mol. The number of carbonyl (C=O) groups is 3. The fourth-order valence-electron chi connectivity index (χ4n) is 2.09. The SMILES string of the molecule is N=CC(=O)NC(=O)Nc1cc(Cl)c(OC(=N)c2ccccc2C(N)=O)c(Cl)c1. The number of nitrogens with two attached hydrogens (primary N) is 1. The van der Waals surface area contributed by atoms with Gasteiger partial charge in [-0.25, -0.2) is 4.79 Å². The Morgan fingerprint density at radius 3 is 2.18 bits per heavy atom. The molecule has 0 fully saturated rings. The Hall–Kier alpha value is -3.43. The standard InChI is InChI=1S/C17H13Cl2N5O4/c18-11-5-8(23-17(27)24-13(25)7-20)6-12(19)14(11)28-16(22)10-4-2-1-3-9(10)15(21)26/h1-7,20,22H,(H2,21,26)(H2,23,24,25,27). The van der Waals surface area contributed by atoms with Crippen molar-refractivity contribution < 1.29 is 19.1 Å². The summed E-state index contributed by atoms with van der Waals surface area (Å²) in [5, 5.41) is 18.9. The summed E-state index contributed by atoms with van der Waals surface area (Å²) < 4.78 is 5.39. The number of anilines is 1. The molecule has 2 aromatic carbocycles. The average molecular weight is 422 g/mol. The summed E-state index contributed by atoms with van der Waals surface area (Å²) >= 11 is 12.2. The predicted octanol–water partition coefficient (Wildman–Crippen LogP) is 2.79. The molecule has 0 heterocycles. The van der Waals surface area contributed by atoms with Crippen LogP contribution in [-0.2, 0) is 4.79 Å². The number of amides is 4. The monoisotopic (exact) mass is 421 g/mol.